The molecule has 94 valence electrons. The topological polar surface area (TPSA) is 32.3 Å². The van der Waals surface area contributed by atoms with Crippen LogP contribution in [-0.4, -0.2) is 18.2 Å². The number of hydrogen-bond donors (Lipinski definition) is 2. The van der Waals surface area contributed by atoms with Crippen LogP contribution in [-0.2, 0) is 6.18 Å². The number of hydrogen-bond acceptors (Lipinski definition) is 2. The number of alkyl halides is 3. The minimum Gasteiger partial charge on any atom is -0.508 e. The molecule has 2 N–H and O–H groups in total. The van der Waals surface area contributed by atoms with E-state index in [-0.39, 0.29) is 11.7 Å². The van der Waals surface area contributed by atoms with E-state index in [0.29, 0.717) is 12.1 Å². The maximum Gasteiger partial charge on any atom is 0.416 e. The molecule has 2 nitrogen and oxygen atoms in total. The monoisotopic (exact) mass is 245 g/mol. The lowest BCUT2D eigenvalue weighted by atomic mass is 9.90. The van der Waals surface area contributed by atoms with Gasteiger partial charge in [-0.25, -0.2) is 0 Å². The van der Waals surface area contributed by atoms with Gasteiger partial charge in [-0.15, -0.1) is 0 Å². The molecule has 0 amide bonds. The highest BCUT2D eigenvalue weighted by Crippen LogP contribution is 2.36. The molecule has 17 heavy (non-hydrogen) atoms. The number of benzene rings is 1. The van der Waals surface area contributed by atoms with Crippen molar-refractivity contribution < 1.29 is 18.3 Å². The first-order valence-corrected chi connectivity index (χ1v) is 5.59. The van der Waals surface area contributed by atoms with Crippen LogP contribution in [0.2, 0.25) is 0 Å². The smallest absolute Gasteiger partial charge is 0.416 e. The molecule has 1 aromatic rings. The Labute approximate surface area is 97.5 Å². The highest BCUT2D eigenvalue weighted by Gasteiger charge is 2.32. The van der Waals surface area contributed by atoms with Gasteiger partial charge in [-0.3, -0.25) is 0 Å². The number of phenols is 1. The molecule has 0 aliphatic carbocycles. The summed E-state index contributed by atoms with van der Waals surface area (Å²) < 4.78 is 37.7. The average molecular weight is 245 g/mol. The molecular weight excluding hydrogens is 231 g/mol. The van der Waals surface area contributed by atoms with Crippen molar-refractivity contribution in [1.29, 1.82) is 0 Å². The van der Waals surface area contributed by atoms with Crippen molar-refractivity contribution in [3.8, 4) is 5.75 Å². The molecule has 0 spiro atoms. The quantitative estimate of drug-likeness (QED) is 0.797. The van der Waals surface area contributed by atoms with Crippen LogP contribution in [0.25, 0.3) is 0 Å². The van der Waals surface area contributed by atoms with E-state index in [0.717, 1.165) is 37.6 Å². The Hall–Kier alpha value is -1.23. The first-order chi connectivity index (χ1) is 7.98. The van der Waals surface area contributed by atoms with E-state index in [2.05, 4.69) is 5.32 Å². The first kappa shape index (κ1) is 12.2. The molecule has 5 heteroatoms. The van der Waals surface area contributed by atoms with Crippen molar-refractivity contribution >= 4 is 0 Å². The number of piperidine rings is 1. The molecular formula is C12H14F3NO. The van der Waals surface area contributed by atoms with E-state index in [1.165, 1.54) is 0 Å². The highest BCUT2D eigenvalue weighted by molar-refractivity contribution is 5.40. The molecule has 0 bridgehead atoms. The second-order valence-corrected chi connectivity index (χ2v) is 4.31. The van der Waals surface area contributed by atoms with Gasteiger partial charge in [0.15, 0.2) is 0 Å². The number of halogens is 3. The summed E-state index contributed by atoms with van der Waals surface area (Å²) in [7, 11) is 0. The van der Waals surface area contributed by atoms with E-state index < -0.39 is 11.7 Å². The maximum absolute atomic E-state index is 12.6. The lowest BCUT2D eigenvalue weighted by molar-refractivity contribution is -0.137. The van der Waals surface area contributed by atoms with Crippen LogP contribution < -0.4 is 5.32 Å². The minimum atomic E-state index is -4.36. The third kappa shape index (κ3) is 2.72. The van der Waals surface area contributed by atoms with Gasteiger partial charge >= 0.3 is 6.18 Å². The Morgan fingerprint density at radius 3 is 2.65 bits per heavy atom. The second-order valence-electron chi connectivity index (χ2n) is 4.31. The fourth-order valence-corrected chi connectivity index (χ4v) is 2.18. The molecule has 1 unspecified atom stereocenters. The van der Waals surface area contributed by atoms with E-state index in [1.54, 1.807) is 0 Å². The Kier molecular flexibility index (Phi) is 3.28. The molecule has 1 aliphatic rings. The summed E-state index contributed by atoms with van der Waals surface area (Å²) in [5, 5.41) is 12.8. The predicted molar refractivity (Wildman–Crippen MR) is 58.0 cm³/mol. The lowest BCUT2D eigenvalue weighted by Gasteiger charge is -2.24. The van der Waals surface area contributed by atoms with Gasteiger partial charge in [-0.2, -0.15) is 13.2 Å². The van der Waals surface area contributed by atoms with Crippen LogP contribution in [0.3, 0.4) is 0 Å². The first-order valence-electron chi connectivity index (χ1n) is 5.59. The van der Waals surface area contributed by atoms with Crippen LogP contribution in [0, 0.1) is 0 Å². The zero-order chi connectivity index (χ0) is 12.5. The number of aromatic hydroxyl groups is 1. The maximum atomic E-state index is 12.6. The van der Waals surface area contributed by atoms with Crippen molar-refractivity contribution in [3.05, 3.63) is 29.3 Å². The van der Waals surface area contributed by atoms with Crippen molar-refractivity contribution in [2.24, 2.45) is 0 Å². The van der Waals surface area contributed by atoms with Crippen molar-refractivity contribution in [1.82, 2.24) is 5.32 Å². The summed E-state index contributed by atoms with van der Waals surface area (Å²) >= 11 is 0. The summed E-state index contributed by atoms with van der Waals surface area (Å²) in [6, 6.07) is 3.11. The van der Waals surface area contributed by atoms with E-state index >= 15 is 0 Å². The summed E-state index contributed by atoms with van der Waals surface area (Å²) in [6.45, 7) is 1.51. The summed E-state index contributed by atoms with van der Waals surface area (Å²) in [5.74, 6) is -0.0854. The third-order valence-corrected chi connectivity index (χ3v) is 3.09. The van der Waals surface area contributed by atoms with Gasteiger partial charge in [0.25, 0.3) is 0 Å². The third-order valence-electron chi connectivity index (χ3n) is 3.09. The van der Waals surface area contributed by atoms with Crippen molar-refractivity contribution in [3.63, 3.8) is 0 Å². The largest absolute Gasteiger partial charge is 0.508 e. The highest BCUT2D eigenvalue weighted by atomic mass is 19.4. The SMILES string of the molecule is Oc1ccc(C(F)(F)F)cc1C1CCCNC1. The van der Waals surface area contributed by atoms with Gasteiger partial charge in [0.05, 0.1) is 5.56 Å². The lowest BCUT2D eigenvalue weighted by Crippen LogP contribution is -2.28. The molecule has 0 aromatic heterocycles. The molecule has 1 saturated heterocycles. The second kappa shape index (κ2) is 4.56. The number of nitrogens with one attached hydrogen (secondary N) is 1. The Morgan fingerprint density at radius 1 is 1.29 bits per heavy atom. The standard InChI is InChI=1S/C12H14F3NO/c13-12(14,15)9-3-4-11(17)10(6-9)8-2-1-5-16-7-8/h3-4,6,8,16-17H,1-2,5,7H2. The van der Waals surface area contributed by atoms with Gasteiger partial charge in [0.2, 0.25) is 0 Å². The zero-order valence-electron chi connectivity index (χ0n) is 9.22. The van der Waals surface area contributed by atoms with Gasteiger partial charge in [0, 0.05) is 12.5 Å². The predicted octanol–water partition coefficient (Wildman–Crippen LogP) is 2.88. The molecule has 1 heterocycles. The molecule has 0 saturated carbocycles. The van der Waals surface area contributed by atoms with Crippen LogP contribution in [0.15, 0.2) is 18.2 Å². The van der Waals surface area contributed by atoms with Crippen molar-refractivity contribution in [2.45, 2.75) is 24.9 Å². The Morgan fingerprint density at radius 2 is 2.06 bits per heavy atom. The van der Waals surface area contributed by atoms with Crippen molar-refractivity contribution in [2.75, 3.05) is 13.1 Å². The number of rotatable bonds is 1. The van der Waals surface area contributed by atoms with Gasteiger partial charge < -0.3 is 10.4 Å². The Bertz CT molecular complexity index is 397. The summed E-state index contributed by atoms with van der Waals surface area (Å²) in [6.07, 6.45) is -2.63. The normalized spacial score (nSPS) is 21.5. The average Bonchev–Trinajstić information content (AvgIpc) is 2.29. The summed E-state index contributed by atoms with van der Waals surface area (Å²) in [4.78, 5) is 0. The van der Waals surface area contributed by atoms with Crippen LogP contribution >= 0.6 is 0 Å². The Balaban J connectivity index is 2.31. The summed E-state index contributed by atoms with van der Waals surface area (Å²) in [5.41, 5.74) is -0.303. The molecule has 1 fully saturated rings. The van der Waals surface area contributed by atoms with Gasteiger partial charge in [0.1, 0.15) is 5.75 Å². The molecule has 2 rings (SSSR count). The van der Waals surface area contributed by atoms with E-state index in [1.807, 2.05) is 0 Å². The van der Waals surface area contributed by atoms with Crippen LogP contribution in [0.1, 0.15) is 29.9 Å². The van der Waals surface area contributed by atoms with Crippen LogP contribution in [0.5, 0.6) is 5.75 Å². The fourth-order valence-electron chi connectivity index (χ4n) is 2.18. The van der Waals surface area contributed by atoms with Gasteiger partial charge in [-0.1, -0.05) is 0 Å². The van der Waals surface area contributed by atoms with Crippen LogP contribution in [0.4, 0.5) is 13.2 Å². The zero-order valence-corrected chi connectivity index (χ0v) is 9.22. The molecule has 1 aliphatic heterocycles. The van der Waals surface area contributed by atoms with E-state index in [9.17, 15) is 18.3 Å². The van der Waals surface area contributed by atoms with Gasteiger partial charge in [-0.05, 0) is 43.1 Å². The fraction of sp³-hybridized carbons (Fsp3) is 0.500. The molecule has 0 radical (unpaired) electrons. The number of phenolic OH excluding ortho intramolecular Hbond substituents is 1. The van der Waals surface area contributed by atoms with E-state index in [4.69, 9.17) is 0 Å². The molecule has 1 atom stereocenters. The molecule has 1 aromatic carbocycles. The minimum absolute atomic E-state index is 0.0361.